The van der Waals surface area contributed by atoms with Gasteiger partial charge < -0.3 is 4.74 Å². The molecule has 0 aliphatic rings. The summed E-state index contributed by atoms with van der Waals surface area (Å²) in [6.07, 6.45) is 4.27. The number of unbranched alkanes of at least 4 members (excludes halogenated alkanes) is 3. The molecular weight excluding hydrogens is 398 g/mol. The van der Waals surface area contributed by atoms with Crippen LogP contribution in [0.5, 0.6) is 0 Å². The summed E-state index contributed by atoms with van der Waals surface area (Å²) in [5.41, 5.74) is 0. The van der Waals surface area contributed by atoms with Crippen LogP contribution in [0, 0.1) is 0 Å². The summed E-state index contributed by atoms with van der Waals surface area (Å²) in [6.45, 7) is 3.73. The maximum absolute atomic E-state index is 13.9. The third kappa shape index (κ3) is 9.27. The van der Waals surface area contributed by atoms with E-state index in [9.17, 15) is 13.6 Å². The average Bonchev–Trinajstić information content (AvgIpc) is 2.36. The average molecular weight is 422 g/mol. The lowest BCUT2D eigenvalue weighted by molar-refractivity contribution is -0.141. The number of carbonyl (C=O) groups excluding carboxylic acids is 1. The Kier molecular flexibility index (Phi) is 11.1. The Morgan fingerprint density at radius 3 is 2.35 bits per heavy atom. The molecule has 0 aromatic heterocycles. The van der Waals surface area contributed by atoms with Crippen LogP contribution in [-0.4, -0.2) is 28.2 Å². The van der Waals surface area contributed by atoms with Gasteiger partial charge >= 0.3 is 5.97 Å². The molecule has 0 amide bonds. The molecule has 6 heteroatoms. The maximum atomic E-state index is 13.9. The second-order valence-electron chi connectivity index (χ2n) is 4.97. The Bertz CT molecular complexity index is 276. The SMILES string of the molecule is CCC[C@H](Br)[C@@H](Br)C(F)(F)CCCCCCOC(C)=O. The van der Waals surface area contributed by atoms with Crippen molar-refractivity contribution in [2.75, 3.05) is 6.61 Å². The van der Waals surface area contributed by atoms with Crippen molar-refractivity contribution in [3.8, 4) is 0 Å². The molecule has 2 atom stereocenters. The van der Waals surface area contributed by atoms with Gasteiger partial charge in [-0.25, -0.2) is 8.78 Å². The van der Waals surface area contributed by atoms with E-state index in [0.29, 0.717) is 13.0 Å². The lowest BCUT2D eigenvalue weighted by Gasteiger charge is -2.26. The lowest BCUT2D eigenvalue weighted by atomic mass is 10.0. The van der Waals surface area contributed by atoms with Gasteiger partial charge in [0.1, 0.15) is 0 Å². The van der Waals surface area contributed by atoms with Crippen molar-refractivity contribution in [2.24, 2.45) is 0 Å². The fourth-order valence-electron chi connectivity index (χ4n) is 1.86. The second-order valence-corrected chi connectivity index (χ2v) is 7.13. The van der Waals surface area contributed by atoms with Gasteiger partial charge in [0.2, 0.25) is 0 Å². The van der Waals surface area contributed by atoms with Gasteiger partial charge in [0.25, 0.3) is 5.92 Å². The fraction of sp³-hybridized carbons (Fsp3) is 0.929. The number of halogens is 4. The molecule has 2 nitrogen and oxygen atoms in total. The first-order valence-corrected chi connectivity index (χ1v) is 8.93. The molecule has 0 fully saturated rings. The highest BCUT2D eigenvalue weighted by molar-refractivity contribution is 9.12. The summed E-state index contributed by atoms with van der Waals surface area (Å²) in [6, 6.07) is 0. The van der Waals surface area contributed by atoms with Crippen LogP contribution in [-0.2, 0) is 9.53 Å². The topological polar surface area (TPSA) is 26.3 Å². The van der Waals surface area contributed by atoms with Crippen LogP contribution in [0.3, 0.4) is 0 Å². The molecule has 0 spiro atoms. The normalized spacial score (nSPS) is 14.9. The van der Waals surface area contributed by atoms with Crippen molar-refractivity contribution in [1.29, 1.82) is 0 Å². The van der Waals surface area contributed by atoms with E-state index in [1.54, 1.807) is 0 Å². The first kappa shape index (κ1) is 20.3. The molecular formula is C14H24Br2F2O2. The monoisotopic (exact) mass is 420 g/mol. The summed E-state index contributed by atoms with van der Waals surface area (Å²) < 4.78 is 32.6. The standard InChI is InChI=1S/C14H24Br2F2O2/c1-3-8-12(15)13(16)14(17,18)9-6-4-5-7-10-20-11(2)19/h12-13H,3-10H2,1-2H3/t12-,13+/m0/s1. The molecule has 0 heterocycles. The quantitative estimate of drug-likeness (QED) is 0.251. The van der Waals surface area contributed by atoms with Crippen molar-refractivity contribution >= 4 is 37.8 Å². The molecule has 20 heavy (non-hydrogen) atoms. The van der Waals surface area contributed by atoms with Crippen molar-refractivity contribution < 1.29 is 18.3 Å². The number of carbonyl (C=O) groups is 1. The van der Waals surface area contributed by atoms with Gasteiger partial charge in [-0.05, 0) is 19.3 Å². The summed E-state index contributed by atoms with van der Waals surface area (Å²) in [5, 5.41) is 0. The number of hydrogen-bond donors (Lipinski definition) is 0. The van der Waals surface area contributed by atoms with Crippen molar-refractivity contribution in [2.45, 2.75) is 74.4 Å². The smallest absolute Gasteiger partial charge is 0.302 e. The van der Waals surface area contributed by atoms with E-state index < -0.39 is 10.7 Å². The van der Waals surface area contributed by atoms with Crippen LogP contribution < -0.4 is 0 Å². The number of ether oxygens (including phenoxy) is 1. The van der Waals surface area contributed by atoms with Crippen LogP contribution >= 0.6 is 31.9 Å². The van der Waals surface area contributed by atoms with E-state index in [2.05, 4.69) is 31.9 Å². The first-order chi connectivity index (χ1) is 9.31. The lowest BCUT2D eigenvalue weighted by Crippen LogP contribution is -2.35. The number of rotatable bonds is 11. The molecule has 0 aliphatic heterocycles. The summed E-state index contributed by atoms with van der Waals surface area (Å²) >= 11 is 6.44. The Balaban J connectivity index is 3.78. The Morgan fingerprint density at radius 1 is 1.20 bits per heavy atom. The molecule has 0 N–H and O–H groups in total. The van der Waals surface area contributed by atoms with Crippen LogP contribution in [0.1, 0.15) is 58.8 Å². The Morgan fingerprint density at radius 2 is 1.80 bits per heavy atom. The molecule has 0 rings (SSSR count). The van der Waals surface area contributed by atoms with Crippen LogP contribution in [0.25, 0.3) is 0 Å². The minimum absolute atomic E-state index is 0.109. The minimum atomic E-state index is -2.70. The fourth-order valence-corrected chi connectivity index (χ4v) is 3.19. The number of esters is 1. The molecule has 0 aromatic rings. The zero-order valence-electron chi connectivity index (χ0n) is 12.1. The molecule has 0 bridgehead atoms. The van der Waals surface area contributed by atoms with Crippen LogP contribution in [0.4, 0.5) is 8.78 Å². The molecule has 0 saturated carbocycles. The third-order valence-corrected chi connectivity index (χ3v) is 6.00. The van der Waals surface area contributed by atoms with Crippen molar-refractivity contribution in [3.63, 3.8) is 0 Å². The summed E-state index contributed by atoms with van der Waals surface area (Å²) in [5.74, 6) is -2.99. The molecule has 0 aromatic carbocycles. The van der Waals surface area contributed by atoms with E-state index in [1.165, 1.54) is 6.92 Å². The predicted molar refractivity (Wildman–Crippen MR) is 85.0 cm³/mol. The third-order valence-electron chi connectivity index (χ3n) is 3.00. The summed E-state index contributed by atoms with van der Waals surface area (Å²) in [7, 11) is 0. The molecule has 0 radical (unpaired) electrons. The molecule has 0 saturated heterocycles. The molecule has 0 aliphatic carbocycles. The van der Waals surface area contributed by atoms with Gasteiger partial charge in [-0.1, -0.05) is 58.0 Å². The first-order valence-electron chi connectivity index (χ1n) is 7.10. The van der Waals surface area contributed by atoms with Crippen molar-refractivity contribution in [1.82, 2.24) is 0 Å². The maximum Gasteiger partial charge on any atom is 0.302 e. The van der Waals surface area contributed by atoms with E-state index in [-0.39, 0.29) is 17.2 Å². The van der Waals surface area contributed by atoms with Gasteiger partial charge in [-0.3, -0.25) is 4.79 Å². The van der Waals surface area contributed by atoms with Gasteiger partial charge in [0.15, 0.2) is 0 Å². The minimum Gasteiger partial charge on any atom is -0.466 e. The molecule has 0 unspecified atom stereocenters. The zero-order valence-corrected chi connectivity index (χ0v) is 15.3. The van der Waals surface area contributed by atoms with E-state index in [0.717, 1.165) is 32.1 Å². The Hall–Kier alpha value is 0.290. The predicted octanol–water partition coefficient (Wildman–Crippen LogP) is 5.46. The largest absolute Gasteiger partial charge is 0.466 e. The zero-order chi connectivity index (χ0) is 15.6. The van der Waals surface area contributed by atoms with E-state index in [4.69, 9.17) is 4.74 Å². The summed E-state index contributed by atoms with van der Waals surface area (Å²) in [4.78, 5) is 9.50. The van der Waals surface area contributed by atoms with E-state index in [1.807, 2.05) is 6.92 Å². The highest BCUT2D eigenvalue weighted by Crippen LogP contribution is 2.36. The highest BCUT2D eigenvalue weighted by atomic mass is 79.9. The van der Waals surface area contributed by atoms with Gasteiger partial charge in [0.05, 0.1) is 11.4 Å². The highest BCUT2D eigenvalue weighted by Gasteiger charge is 2.40. The van der Waals surface area contributed by atoms with Gasteiger partial charge in [-0.15, -0.1) is 0 Å². The van der Waals surface area contributed by atoms with Crippen LogP contribution in [0.15, 0.2) is 0 Å². The van der Waals surface area contributed by atoms with Crippen LogP contribution in [0.2, 0.25) is 0 Å². The number of alkyl halides is 4. The van der Waals surface area contributed by atoms with Crippen molar-refractivity contribution in [3.05, 3.63) is 0 Å². The number of hydrogen-bond acceptors (Lipinski definition) is 2. The van der Waals surface area contributed by atoms with Gasteiger partial charge in [-0.2, -0.15) is 0 Å². The molecule has 120 valence electrons. The Labute approximate surface area is 137 Å². The second kappa shape index (κ2) is 10.9. The van der Waals surface area contributed by atoms with Gasteiger partial charge in [0, 0.05) is 18.2 Å². The van der Waals surface area contributed by atoms with E-state index >= 15 is 0 Å².